The van der Waals surface area contributed by atoms with Gasteiger partial charge in [-0.1, -0.05) is 61.9 Å². The number of amides is 2. The lowest BCUT2D eigenvalue weighted by Gasteiger charge is -2.33. The second kappa shape index (κ2) is 13.2. The Balaban J connectivity index is 2.02. The van der Waals surface area contributed by atoms with Crippen LogP contribution in [0.1, 0.15) is 37.8 Å². The van der Waals surface area contributed by atoms with Gasteiger partial charge in [-0.15, -0.1) is 0 Å². The molecule has 7 nitrogen and oxygen atoms in total. The van der Waals surface area contributed by atoms with Crippen LogP contribution in [0.15, 0.2) is 83.8 Å². The third kappa shape index (κ3) is 7.19. The molecule has 202 valence electrons. The van der Waals surface area contributed by atoms with E-state index < -0.39 is 34.3 Å². The molecule has 0 bridgehead atoms. The Morgan fingerprint density at radius 3 is 2.13 bits per heavy atom. The number of halogens is 1. The van der Waals surface area contributed by atoms with E-state index in [1.54, 1.807) is 61.5 Å². The highest BCUT2D eigenvalue weighted by atomic mass is 32.2. The van der Waals surface area contributed by atoms with E-state index in [2.05, 4.69) is 5.32 Å². The van der Waals surface area contributed by atoms with Crippen LogP contribution in [0.3, 0.4) is 0 Å². The van der Waals surface area contributed by atoms with Crippen LogP contribution in [0.2, 0.25) is 0 Å². The first-order chi connectivity index (χ1) is 18.2. The number of benzene rings is 3. The van der Waals surface area contributed by atoms with Crippen LogP contribution >= 0.6 is 0 Å². The number of carbonyl (C=O) groups excluding carboxylic acids is 2. The van der Waals surface area contributed by atoms with Gasteiger partial charge in [-0.3, -0.25) is 13.9 Å². The van der Waals surface area contributed by atoms with Gasteiger partial charge in [0.2, 0.25) is 11.8 Å². The molecule has 0 fully saturated rings. The molecule has 9 heteroatoms. The van der Waals surface area contributed by atoms with Gasteiger partial charge in [0.15, 0.2) is 0 Å². The number of anilines is 1. The predicted octanol–water partition coefficient (Wildman–Crippen LogP) is 4.66. The second-order valence-electron chi connectivity index (χ2n) is 9.02. The summed E-state index contributed by atoms with van der Waals surface area (Å²) in [5.41, 5.74) is 1.89. The third-order valence-electron chi connectivity index (χ3n) is 6.13. The summed E-state index contributed by atoms with van der Waals surface area (Å²) < 4.78 is 42.0. The molecule has 38 heavy (non-hydrogen) atoms. The van der Waals surface area contributed by atoms with Crippen molar-refractivity contribution in [3.63, 3.8) is 0 Å². The summed E-state index contributed by atoms with van der Waals surface area (Å²) in [5, 5.41) is 2.84. The SMILES string of the molecule is CCCNC(=O)[C@H](CC)N(Cc1ccc(F)cc1)C(=O)CN(c1ccc(C)cc1)S(=O)(=O)c1ccccc1. The topological polar surface area (TPSA) is 86.8 Å². The minimum atomic E-state index is -4.11. The first kappa shape index (κ1) is 28.8. The molecule has 0 spiro atoms. The van der Waals surface area contributed by atoms with Crippen LogP contribution in [0.5, 0.6) is 0 Å². The first-order valence-electron chi connectivity index (χ1n) is 12.6. The molecule has 0 aliphatic carbocycles. The zero-order valence-corrected chi connectivity index (χ0v) is 22.7. The van der Waals surface area contributed by atoms with E-state index in [0.29, 0.717) is 24.2 Å². The summed E-state index contributed by atoms with van der Waals surface area (Å²) in [6, 6.07) is 19.6. The highest BCUT2D eigenvalue weighted by Crippen LogP contribution is 2.25. The quantitative estimate of drug-likeness (QED) is 0.363. The summed E-state index contributed by atoms with van der Waals surface area (Å²) in [7, 11) is -4.11. The van der Waals surface area contributed by atoms with Crippen LogP contribution in [0.25, 0.3) is 0 Å². The molecule has 0 aliphatic heterocycles. The van der Waals surface area contributed by atoms with Crippen molar-refractivity contribution < 1.29 is 22.4 Å². The van der Waals surface area contributed by atoms with Crippen LogP contribution in [-0.2, 0) is 26.2 Å². The number of aryl methyl sites for hydroxylation is 1. The molecular formula is C29H34FN3O4S. The Labute approximate surface area is 224 Å². The largest absolute Gasteiger partial charge is 0.354 e. The number of carbonyl (C=O) groups is 2. The third-order valence-corrected chi connectivity index (χ3v) is 7.92. The van der Waals surface area contributed by atoms with Gasteiger partial charge in [0.05, 0.1) is 10.6 Å². The van der Waals surface area contributed by atoms with Gasteiger partial charge in [-0.2, -0.15) is 0 Å². The predicted molar refractivity (Wildman–Crippen MR) is 146 cm³/mol. The lowest BCUT2D eigenvalue weighted by molar-refractivity contribution is -0.140. The van der Waals surface area contributed by atoms with E-state index in [1.807, 2.05) is 13.8 Å². The van der Waals surface area contributed by atoms with Gasteiger partial charge in [-0.25, -0.2) is 12.8 Å². The zero-order chi connectivity index (χ0) is 27.7. The fourth-order valence-electron chi connectivity index (χ4n) is 4.03. The number of nitrogens with zero attached hydrogens (tertiary/aromatic N) is 2. The molecule has 0 radical (unpaired) electrons. The monoisotopic (exact) mass is 539 g/mol. The van der Waals surface area contributed by atoms with Crippen LogP contribution in [0.4, 0.5) is 10.1 Å². The fourth-order valence-corrected chi connectivity index (χ4v) is 5.47. The molecule has 1 N–H and O–H groups in total. The molecule has 0 saturated carbocycles. The Morgan fingerprint density at radius 1 is 0.921 bits per heavy atom. The van der Waals surface area contributed by atoms with Crippen molar-refractivity contribution in [2.75, 3.05) is 17.4 Å². The van der Waals surface area contributed by atoms with Crippen LogP contribution in [0, 0.1) is 12.7 Å². The summed E-state index contributed by atoms with van der Waals surface area (Å²) >= 11 is 0. The summed E-state index contributed by atoms with van der Waals surface area (Å²) in [6.07, 6.45) is 1.04. The fraction of sp³-hybridized carbons (Fsp3) is 0.310. The number of hydrogen-bond donors (Lipinski definition) is 1. The first-order valence-corrected chi connectivity index (χ1v) is 14.1. The van der Waals surface area contributed by atoms with Gasteiger partial charge >= 0.3 is 0 Å². The lowest BCUT2D eigenvalue weighted by atomic mass is 10.1. The molecular weight excluding hydrogens is 505 g/mol. The molecule has 0 heterocycles. The average molecular weight is 540 g/mol. The number of nitrogens with one attached hydrogen (secondary N) is 1. The minimum absolute atomic E-state index is 0.0181. The molecule has 0 aliphatic rings. The Kier molecular flexibility index (Phi) is 10.0. The van der Waals surface area contributed by atoms with Gasteiger partial charge in [-0.05, 0) is 61.7 Å². The normalized spacial score (nSPS) is 12.0. The Morgan fingerprint density at radius 2 is 1.55 bits per heavy atom. The molecule has 0 unspecified atom stereocenters. The van der Waals surface area contributed by atoms with E-state index in [1.165, 1.54) is 29.2 Å². The minimum Gasteiger partial charge on any atom is -0.354 e. The molecule has 3 aromatic carbocycles. The van der Waals surface area contributed by atoms with Gasteiger partial charge in [0, 0.05) is 13.1 Å². The van der Waals surface area contributed by atoms with Crippen molar-refractivity contribution in [1.82, 2.24) is 10.2 Å². The van der Waals surface area contributed by atoms with E-state index >= 15 is 0 Å². The maximum Gasteiger partial charge on any atom is 0.264 e. The van der Waals surface area contributed by atoms with Crippen LogP contribution < -0.4 is 9.62 Å². The van der Waals surface area contributed by atoms with Crippen molar-refractivity contribution in [3.8, 4) is 0 Å². The maximum atomic E-state index is 13.9. The standard InChI is InChI=1S/C29H34FN3O4S/c1-4-19-31-29(35)27(5-2)32(20-23-13-15-24(30)16-14-23)28(34)21-33(25-17-11-22(3)12-18-25)38(36,37)26-9-7-6-8-10-26/h6-18,27H,4-5,19-21H2,1-3H3,(H,31,35)/t27-/m0/s1. The smallest absolute Gasteiger partial charge is 0.264 e. The zero-order valence-electron chi connectivity index (χ0n) is 21.9. The molecule has 2 amide bonds. The number of sulfonamides is 1. The second-order valence-corrected chi connectivity index (χ2v) is 10.9. The summed E-state index contributed by atoms with van der Waals surface area (Å²) in [5.74, 6) is -1.29. The molecule has 1 atom stereocenters. The number of rotatable bonds is 12. The lowest BCUT2D eigenvalue weighted by Crippen LogP contribution is -2.52. The average Bonchev–Trinajstić information content (AvgIpc) is 2.92. The van der Waals surface area contributed by atoms with Crippen molar-refractivity contribution in [2.45, 2.75) is 51.1 Å². The Hall–Kier alpha value is -3.72. The summed E-state index contributed by atoms with van der Waals surface area (Å²) in [6.45, 7) is 5.56. The maximum absolute atomic E-state index is 13.9. The summed E-state index contributed by atoms with van der Waals surface area (Å²) in [4.78, 5) is 28.3. The van der Waals surface area contributed by atoms with Crippen molar-refractivity contribution >= 4 is 27.5 Å². The molecule has 3 rings (SSSR count). The molecule has 0 saturated heterocycles. The van der Waals surface area contributed by atoms with E-state index in [4.69, 9.17) is 0 Å². The molecule has 0 aromatic heterocycles. The Bertz CT molecular complexity index is 1310. The van der Waals surface area contributed by atoms with Crippen LogP contribution in [-0.4, -0.2) is 44.3 Å². The van der Waals surface area contributed by atoms with Gasteiger partial charge in [0.1, 0.15) is 18.4 Å². The van der Waals surface area contributed by atoms with Crippen molar-refractivity contribution in [1.29, 1.82) is 0 Å². The van der Waals surface area contributed by atoms with E-state index in [-0.39, 0.29) is 17.3 Å². The van der Waals surface area contributed by atoms with Crippen molar-refractivity contribution in [3.05, 3.63) is 95.8 Å². The van der Waals surface area contributed by atoms with Gasteiger partial charge in [0.25, 0.3) is 10.0 Å². The van der Waals surface area contributed by atoms with E-state index in [0.717, 1.165) is 16.3 Å². The van der Waals surface area contributed by atoms with E-state index in [9.17, 15) is 22.4 Å². The van der Waals surface area contributed by atoms with Gasteiger partial charge < -0.3 is 10.2 Å². The number of hydrogen-bond acceptors (Lipinski definition) is 4. The highest BCUT2D eigenvalue weighted by molar-refractivity contribution is 7.92. The highest BCUT2D eigenvalue weighted by Gasteiger charge is 2.33. The van der Waals surface area contributed by atoms with Crippen molar-refractivity contribution in [2.24, 2.45) is 0 Å². The molecule has 3 aromatic rings.